The molecular formula is C17H34N2O3Si. The van der Waals surface area contributed by atoms with Crippen LogP contribution in [0, 0.1) is 11.8 Å². The van der Waals surface area contributed by atoms with Gasteiger partial charge in [0.15, 0.2) is 8.32 Å². The van der Waals surface area contributed by atoms with Gasteiger partial charge in [0.25, 0.3) is 5.91 Å². The van der Waals surface area contributed by atoms with E-state index >= 15 is 0 Å². The number of hydrogen-bond donors (Lipinski definition) is 0. The van der Waals surface area contributed by atoms with Crippen LogP contribution in [0.15, 0.2) is 0 Å². The minimum Gasteiger partial charge on any atom is -0.415 e. The summed E-state index contributed by atoms with van der Waals surface area (Å²) in [4.78, 5) is 20.0. The average molecular weight is 343 g/mol. The van der Waals surface area contributed by atoms with Gasteiger partial charge in [0.05, 0.1) is 13.0 Å². The molecule has 3 saturated heterocycles. The van der Waals surface area contributed by atoms with Gasteiger partial charge in [0.2, 0.25) is 0 Å². The Hall–Kier alpha value is -0.433. The van der Waals surface area contributed by atoms with E-state index in [1.54, 1.807) is 14.2 Å². The van der Waals surface area contributed by atoms with Gasteiger partial charge in [-0.2, -0.15) is 0 Å². The quantitative estimate of drug-likeness (QED) is 0.569. The van der Waals surface area contributed by atoms with Gasteiger partial charge >= 0.3 is 0 Å². The Morgan fingerprint density at radius 1 is 1.35 bits per heavy atom. The molecule has 3 fully saturated rings. The molecule has 4 atom stereocenters. The second-order valence-electron chi connectivity index (χ2n) is 8.63. The summed E-state index contributed by atoms with van der Waals surface area (Å²) in [6.07, 6.45) is 2.19. The molecule has 3 aliphatic heterocycles. The van der Waals surface area contributed by atoms with Gasteiger partial charge in [0.1, 0.15) is 0 Å². The average Bonchev–Trinajstić information content (AvgIpc) is 2.50. The maximum Gasteiger partial charge on any atom is 0.250 e. The molecule has 3 rings (SSSR count). The highest BCUT2D eigenvalue weighted by Crippen LogP contribution is 2.40. The van der Waals surface area contributed by atoms with Crippen molar-refractivity contribution in [3.8, 4) is 0 Å². The molecule has 0 N–H and O–H groups in total. The van der Waals surface area contributed by atoms with Crippen molar-refractivity contribution in [2.75, 3.05) is 33.9 Å². The van der Waals surface area contributed by atoms with Crippen LogP contribution < -0.4 is 0 Å². The molecule has 0 aliphatic carbocycles. The molecule has 1 unspecified atom stereocenters. The van der Waals surface area contributed by atoms with Crippen LogP contribution in [0.1, 0.15) is 33.6 Å². The maximum absolute atomic E-state index is 12.4. The number of hydrogen-bond acceptors (Lipinski definition) is 4. The van der Waals surface area contributed by atoms with Crippen LogP contribution in [0.3, 0.4) is 0 Å². The zero-order valence-corrected chi connectivity index (χ0v) is 16.9. The zero-order valence-electron chi connectivity index (χ0n) is 15.9. The minimum atomic E-state index is -1.70. The molecule has 134 valence electrons. The maximum atomic E-state index is 12.4. The smallest absolute Gasteiger partial charge is 0.250 e. The van der Waals surface area contributed by atoms with Gasteiger partial charge in [-0.05, 0) is 43.4 Å². The number of hydroxylamine groups is 2. The first kappa shape index (κ1) is 18.9. The first-order valence-electron chi connectivity index (χ1n) is 8.76. The van der Waals surface area contributed by atoms with E-state index in [-0.39, 0.29) is 16.9 Å². The van der Waals surface area contributed by atoms with Crippen LogP contribution >= 0.6 is 0 Å². The third kappa shape index (κ3) is 3.98. The number of carbonyl (C=O) groups is 1. The first-order valence-corrected chi connectivity index (χ1v) is 11.7. The van der Waals surface area contributed by atoms with Crippen molar-refractivity contribution in [2.24, 2.45) is 11.8 Å². The molecule has 3 heterocycles. The molecule has 5 nitrogen and oxygen atoms in total. The second kappa shape index (κ2) is 6.82. The highest BCUT2D eigenvalue weighted by Gasteiger charge is 2.45. The van der Waals surface area contributed by atoms with Crippen LogP contribution in [-0.4, -0.2) is 64.1 Å². The molecule has 3 aliphatic rings. The van der Waals surface area contributed by atoms with Crippen molar-refractivity contribution in [2.45, 2.75) is 57.8 Å². The Bertz CT molecular complexity index is 436. The minimum absolute atomic E-state index is 0.0813. The highest BCUT2D eigenvalue weighted by atomic mass is 28.4. The lowest BCUT2D eigenvalue weighted by molar-refractivity contribution is -0.181. The molecule has 0 radical (unpaired) electrons. The van der Waals surface area contributed by atoms with E-state index in [2.05, 4.69) is 38.8 Å². The van der Waals surface area contributed by atoms with Crippen molar-refractivity contribution in [3.63, 3.8) is 0 Å². The lowest BCUT2D eigenvalue weighted by Gasteiger charge is -2.50. The standard InChI is InChI=1S/C17H34N2O3Si/c1-17(2,3)23(6,7)22-12-14-10-13-8-9-19(14)11-15(13)16(20)18(4)21-5/h13-15H,8-12H2,1-7H3/t13-,14-,15-/m0/s1. The predicted molar refractivity (Wildman–Crippen MR) is 94.5 cm³/mol. The van der Waals surface area contributed by atoms with Crippen LogP contribution in [-0.2, 0) is 14.1 Å². The Morgan fingerprint density at radius 2 is 2.00 bits per heavy atom. The third-order valence-electron chi connectivity index (χ3n) is 6.22. The summed E-state index contributed by atoms with van der Waals surface area (Å²) >= 11 is 0. The van der Waals surface area contributed by atoms with Crippen molar-refractivity contribution < 1.29 is 14.1 Å². The Balaban J connectivity index is 1.94. The highest BCUT2D eigenvalue weighted by molar-refractivity contribution is 6.74. The zero-order chi connectivity index (χ0) is 17.4. The summed E-state index contributed by atoms with van der Waals surface area (Å²) in [6.45, 7) is 14.2. The van der Waals surface area contributed by atoms with Crippen LogP contribution in [0.5, 0.6) is 0 Å². The predicted octanol–water partition coefficient (Wildman–Crippen LogP) is 2.74. The fraction of sp³-hybridized carbons (Fsp3) is 0.941. The van der Waals surface area contributed by atoms with Gasteiger partial charge < -0.3 is 4.43 Å². The summed E-state index contributed by atoms with van der Waals surface area (Å²) in [7, 11) is 1.56. The summed E-state index contributed by atoms with van der Waals surface area (Å²) in [6, 6.07) is 0.472. The van der Waals surface area contributed by atoms with Gasteiger partial charge in [-0.25, -0.2) is 5.06 Å². The summed E-state index contributed by atoms with van der Waals surface area (Å²) in [5.41, 5.74) is 0. The number of rotatable bonds is 5. The van der Waals surface area contributed by atoms with Crippen molar-refractivity contribution >= 4 is 14.2 Å². The Kier molecular flexibility index (Phi) is 5.61. The molecule has 0 saturated carbocycles. The molecule has 2 bridgehead atoms. The lowest BCUT2D eigenvalue weighted by atomic mass is 9.75. The molecule has 6 heteroatoms. The number of piperidine rings is 3. The SMILES string of the molecule is CON(C)C(=O)[C@H]1CN2CC[C@H]1C[C@H]2CO[Si](C)(C)C(C)(C)C. The third-order valence-corrected chi connectivity index (χ3v) is 10.7. The number of amides is 1. The van der Waals surface area contributed by atoms with Gasteiger partial charge in [0, 0.05) is 26.2 Å². The normalized spacial score (nSPS) is 31.3. The van der Waals surface area contributed by atoms with Gasteiger partial charge in [-0.1, -0.05) is 20.8 Å². The van der Waals surface area contributed by atoms with Gasteiger partial charge in [-0.15, -0.1) is 0 Å². The molecule has 0 aromatic carbocycles. The van der Waals surface area contributed by atoms with Crippen LogP contribution in [0.2, 0.25) is 18.1 Å². The largest absolute Gasteiger partial charge is 0.415 e. The van der Waals surface area contributed by atoms with E-state index in [1.807, 2.05) is 0 Å². The van der Waals surface area contributed by atoms with E-state index < -0.39 is 8.32 Å². The molecule has 1 amide bonds. The molecular weight excluding hydrogens is 308 g/mol. The van der Waals surface area contributed by atoms with Crippen molar-refractivity contribution in [1.29, 1.82) is 0 Å². The second-order valence-corrected chi connectivity index (χ2v) is 13.4. The number of fused-ring (bicyclic) bond motifs is 3. The first-order chi connectivity index (χ1) is 10.6. The Labute approximate surface area is 142 Å². The van der Waals surface area contributed by atoms with Crippen LogP contribution in [0.25, 0.3) is 0 Å². The van der Waals surface area contributed by atoms with E-state index in [1.165, 1.54) is 5.06 Å². The fourth-order valence-corrected chi connectivity index (χ4v) is 4.48. The van der Waals surface area contributed by atoms with E-state index in [4.69, 9.17) is 9.26 Å². The molecule has 0 spiro atoms. The topological polar surface area (TPSA) is 42.0 Å². The van der Waals surface area contributed by atoms with Gasteiger partial charge in [-0.3, -0.25) is 14.5 Å². The molecule has 0 aromatic heterocycles. The van der Waals surface area contributed by atoms with Crippen molar-refractivity contribution in [1.82, 2.24) is 9.96 Å². The summed E-state index contributed by atoms with van der Waals surface area (Å²) in [5, 5.41) is 1.63. The monoisotopic (exact) mass is 342 g/mol. The fourth-order valence-electron chi connectivity index (χ4n) is 3.44. The van der Waals surface area contributed by atoms with Crippen molar-refractivity contribution in [3.05, 3.63) is 0 Å². The number of carbonyl (C=O) groups excluding carboxylic acids is 1. The molecule has 23 heavy (non-hydrogen) atoms. The number of nitrogens with zero attached hydrogens (tertiary/aromatic N) is 2. The lowest BCUT2D eigenvalue weighted by Crippen LogP contribution is -2.59. The van der Waals surface area contributed by atoms with E-state index in [0.717, 1.165) is 32.5 Å². The summed E-state index contributed by atoms with van der Waals surface area (Å²) < 4.78 is 6.43. The van der Waals surface area contributed by atoms with E-state index in [9.17, 15) is 4.79 Å². The van der Waals surface area contributed by atoms with E-state index in [0.29, 0.717) is 12.0 Å². The Morgan fingerprint density at radius 3 is 2.48 bits per heavy atom. The van der Waals surface area contributed by atoms with Crippen LogP contribution in [0.4, 0.5) is 0 Å². The molecule has 0 aromatic rings. The summed E-state index contributed by atoms with van der Waals surface area (Å²) in [5.74, 6) is 0.668.